The highest BCUT2D eigenvalue weighted by molar-refractivity contribution is 5.86. The van der Waals surface area contributed by atoms with Crippen LogP contribution in [0.1, 0.15) is 24.8 Å². The zero-order valence-electron chi connectivity index (χ0n) is 15.1. The molecule has 0 aromatic heterocycles. The molecule has 27 heavy (non-hydrogen) atoms. The van der Waals surface area contributed by atoms with Gasteiger partial charge in [0.15, 0.2) is 0 Å². The van der Waals surface area contributed by atoms with Crippen LogP contribution in [-0.4, -0.2) is 39.3 Å². The lowest BCUT2D eigenvalue weighted by atomic mass is 9.90. The van der Waals surface area contributed by atoms with E-state index in [0.29, 0.717) is 19.3 Å². The first-order valence-electron chi connectivity index (χ1n) is 9.13. The molecule has 1 saturated carbocycles. The molecule has 3 N–H and O–H groups in total. The molecule has 1 aromatic carbocycles. The lowest BCUT2D eigenvalue weighted by Crippen LogP contribution is -2.19. The predicted molar refractivity (Wildman–Crippen MR) is 103 cm³/mol. The fourth-order valence-electron chi connectivity index (χ4n) is 3.29. The van der Waals surface area contributed by atoms with Crippen LogP contribution in [0.5, 0.6) is 0 Å². The van der Waals surface area contributed by atoms with Gasteiger partial charge < -0.3 is 15.3 Å². The molecule has 0 heterocycles. The molecule has 0 aliphatic heterocycles. The molecule has 144 valence electrons. The van der Waals surface area contributed by atoms with Gasteiger partial charge in [-0.05, 0) is 18.4 Å². The molecular weight excluding hydrogens is 344 g/mol. The van der Waals surface area contributed by atoms with Crippen LogP contribution in [-0.2, 0) is 16.0 Å². The summed E-state index contributed by atoms with van der Waals surface area (Å²) in [5, 5.41) is 28.9. The van der Waals surface area contributed by atoms with Crippen LogP contribution in [0, 0.1) is 11.8 Å². The van der Waals surface area contributed by atoms with Crippen LogP contribution < -0.4 is 0 Å². The van der Waals surface area contributed by atoms with Gasteiger partial charge in [0.05, 0.1) is 12.2 Å². The number of benzene rings is 1. The van der Waals surface area contributed by atoms with E-state index in [1.54, 1.807) is 12.2 Å². The van der Waals surface area contributed by atoms with Crippen LogP contribution in [0.15, 0.2) is 66.8 Å². The predicted octanol–water partition coefficient (Wildman–Crippen LogP) is 2.69. The van der Waals surface area contributed by atoms with Crippen molar-refractivity contribution in [2.45, 2.75) is 37.9 Å². The number of aliphatic hydroxyl groups is 2. The molecule has 1 aromatic rings. The Bertz CT molecular complexity index is 705. The van der Waals surface area contributed by atoms with Crippen molar-refractivity contribution < 1.29 is 24.9 Å². The Labute approximate surface area is 159 Å². The van der Waals surface area contributed by atoms with Crippen molar-refractivity contribution in [3.05, 3.63) is 72.4 Å². The van der Waals surface area contributed by atoms with E-state index in [2.05, 4.69) is 0 Å². The Morgan fingerprint density at radius 3 is 2.63 bits per heavy atom. The van der Waals surface area contributed by atoms with Crippen molar-refractivity contribution in [3.63, 3.8) is 0 Å². The van der Waals surface area contributed by atoms with Gasteiger partial charge in [0, 0.05) is 30.8 Å². The van der Waals surface area contributed by atoms with Crippen molar-refractivity contribution in [1.82, 2.24) is 0 Å². The number of allylic oxidation sites excluding steroid dienone is 4. The second-order valence-corrected chi connectivity index (χ2v) is 6.75. The maximum atomic E-state index is 12.2. The number of carbonyl (C=O) groups is 2. The Hall–Kier alpha value is -2.50. The normalized spacial score (nSPS) is 24.4. The highest BCUT2D eigenvalue weighted by Gasteiger charge is 2.39. The summed E-state index contributed by atoms with van der Waals surface area (Å²) in [6.45, 7) is 0. The van der Waals surface area contributed by atoms with Crippen LogP contribution in [0.2, 0.25) is 0 Å². The molecule has 0 unspecified atom stereocenters. The highest BCUT2D eigenvalue weighted by atomic mass is 16.4. The number of Topliss-reactive ketones (excluding diaryl/α,β-unsaturated/α-hetero) is 1. The van der Waals surface area contributed by atoms with Gasteiger partial charge >= 0.3 is 5.97 Å². The fourth-order valence-corrected chi connectivity index (χ4v) is 3.29. The van der Waals surface area contributed by atoms with Crippen molar-refractivity contribution in [3.8, 4) is 0 Å². The zero-order valence-corrected chi connectivity index (χ0v) is 15.1. The molecule has 1 aliphatic rings. The van der Waals surface area contributed by atoms with Crippen molar-refractivity contribution in [1.29, 1.82) is 0 Å². The van der Waals surface area contributed by atoms with Gasteiger partial charge in [-0.15, -0.1) is 0 Å². The van der Waals surface area contributed by atoms with Crippen LogP contribution in [0.4, 0.5) is 0 Å². The standard InChI is InChI=1S/C22H26O5/c23-17(14-16-8-4-3-5-9-16)12-13-19-18(20(24)15-21(19)25)10-6-1-2-7-11-22(26)27/h1,3-9,11-13,17-20,23-24H,2,10,14-15H2,(H,26,27)/b6-1-,11-7+,13-12+/t17-,18-,19-,20+/m1/s1. The first-order valence-corrected chi connectivity index (χ1v) is 9.13. The molecule has 1 aliphatic carbocycles. The number of aliphatic hydroxyl groups excluding tert-OH is 2. The summed E-state index contributed by atoms with van der Waals surface area (Å²) in [5.74, 6) is -1.64. The fraction of sp³-hybridized carbons (Fsp3) is 0.364. The molecule has 0 bridgehead atoms. The average molecular weight is 370 g/mol. The van der Waals surface area contributed by atoms with Gasteiger partial charge in [0.25, 0.3) is 0 Å². The minimum Gasteiger partial charge on any atom is -0.478 e. The van der Waals surface area contributed by atoms with E-state index in [-0.39, 0.29) is 18.1 Å². The van der Waals surface area contributed by atoms with Gasteiger partial charge in [-0.1, -0.05) is 60.7 Å². The van der Waals surface area contributed by atoms with Crippen LogP contribution in [0.3, 0.4) is 0 Å². The molecule has 4 atom stereocenters. The van der Waals surface area contributed by atoms with E-state index in [0.717, 1.165) is 11.6 Å². The van der Waals surface area contributed by atoms with Gasteiger partial charge in [-0.25, -0.2) is 4.79 Å². The number of hydrogen-bond donors (Lipinski definition) is 3. The molecule has 0 spiro atoms. The summed E-state index contributed by atoms with van der Waals surface area (Å²) in [6, 6.07) is 9.62. The zero-order chi connectivity index (χ0) is 19.6. The third-order valence-corrected chi connectivity index (χ3v) is 4.67. The highest BCUT2D eigenvalue weighted by Crippen LogP contribution is 2.33. The molecule has 2 rings (SSSR count). The monoisotopic (exact) mass is 370 g/mol. The third kappa shape index (κ3) is 6.96. The minimum atomic E-state index is -0.987. The molecule has 0 saturated heterocycles. The summed E-state index contributed by atoms with van der Waals surface area (Å²) in [6.07, 6.45) is 9.88. The quantitative estimate of drug-likeness (QED) is 0.459. The third-order valence-electron chi connectivity index (χ3n) is 4.67. The second-order valence-electron chi connectivity index (χ2n) is 6.75. The second kappa shape index (κ2) is 10.6. The van der Waals surface area contributed by atoms with Gasteiger partial charge in [0.2, 0.25) is 0 Å². The van der Waals surface area contributed by atoms with E-state index in [4.69, 9.17) is 5.11 Å². The van der Waals surface area contributed by atoms with E-state index >= 15 is 0 Å². The summed E-state index contributed by atoms with van der Waals surface area (Å²) >= 11 is 0. The number of hydrogen-bond acceptors (Lipinski definition) is 4. The number of ketones is 1. The number of aliphatic carboxylic acids is 1. The number of carboxylic acid groups (broad SMARTS) is 1. The summed E-state index contributed by atoms with van der Waals surface area (Å²) in [5.41, 5.74) is 1.02. The maximum Gasteiger partial charge on any atom is 0.327 e. The van der Waals surface area contributed by atoms with E-state index in [1.807, 2.05) is 42.5 Å². The lowest BCUT2D eigenvalue weighted by molar-refractivity contribution is -0.131. The summed E-state index contributed by atoms with van der Waals surface area (Å²) < 4.78 is 0. The SMILES string of the molecule is O=C(O)/C=C/C/C=C\C[C@H]1[C@@H](O)CC(=O)[C@@H]1/C=C/[C@@H](O)Cc1ccccc1. The smallest absolute Gasteiger partial charge is 0.327 e. The molecule has 5 nitrogen and oxygen atoms in total. The number of rotatable bonds is 9. The van der Waals surface area contributed by atoms with Crippen molar-refractivity contribution >= 4 is 11.8 Å². The van der Waals surface area contributed by atoms with Gasteiger partial charge in [-0.2, -0.15) is 0 Å². The summed E-state index contributed by atoms with van der Waals surface area (Å²) in [4.78, 5) is 22.6. The molecule has 0 amide bonds. The van der Waals surface area contributed by atoms with Crippen molar-refractivity contribution in [2.24, 2.45) is 11.8 Å². The topological polar surface area (TPSA) is 94.8 Å². The van der Waals surface area contributed by atoms with Crippen LogP contribution >= 0.6 is 0 Å². The van der Waals surface area contributed by atoms with Gasteiger partial charge in [0.1, 0.15) is 5.78 Å². The Balaban J connectivity index is 1.91. The molecule has 5 heteroatoms. The largest absolute Gasteiger partial charge is 0.478 e. The first-order chi connectivity index (χ1) is 13.0. The number of carboxylic acids is 1. The number of carbonyl (C=O) groups excluding carboxylic acids is 1. The Morgan fingerprint density at radius 2 is 1.93 bits per heavy atom. The molecular formula is C22H26O5. The van der Waals surface area contributed by atoms with E-state index < -0.39 is 24.1 Å². The Kier molecular flexibility index (Phi) is 8.17. The van der Waals surface area contributed by atoms with E-state index in [9.17, 15) is 19.8 Å². The Morgan fingerprint density at radius 1 is 1.19 bits per heavy atom. The van der Waals surface area contributed by atoms with E-state index in [1.165, 1.54) is 6.08 Å². The van der Waals surface area contributed by atoms with Gasteiger partial charge in [-0.3, -0.25) is 4.79 Å². The lowest BCUT2D eigenvalue weighted by Gasteiger charge is -2.17. The average Bonchev–Trinajstić information content (AvgIpc) is 2.89. The molecule has 1 fully saturated rings. The molecule has 0 radical (unpaired) electrons. The van der Waals surface area contributed by atoms with Crippen molar-refractivity contribution in [2.75, 3.05) is 0 Å². The minimum absolute atomic E-state index is 0.0187. The first kappa shape index (κ1) is 20.8. The summed E-state index contributed by atoms with van der Waals surface area (Å²) in [7, 11) is 0. The van der Waals surface area contributed by atoms with Crippen LogP contribution in [0.25, 0.3) is 0 Å². The maximum absolute atomic E-state index is 12.2.